The fraction of sp³-hybridized carbons (Fsp3) is 0.432. The summed E-state index contributed by atoms with van der Waals surface area (Å²) in [5.74, 6) is -1.25. The highest BCUT2D eigenvalue weighted by Gasteiger charge is 2.61. The second kappa shape index (κ2) is 14.3. The number of pyridine rings is 1. The smallest absolute Gasteiger partial charge is 0.426 e. The van der Waals surface area contributed by atoms with Gasteiger partial charge in [0.25, 0.3) is 0 Å². The number of aromatic nitrogens is 1. The zero-order chi connectivity index (χ0) is 36.4. The number of likely N-dealkylation sites (tertiary alicyclic amines) is 1. The molecule has 266 valence electrons. The van der Waals surface area contributed by atoms with Gasteiger partial charge in [0, 0.05) is 42.0 Å². The lowest BCUT2D eigenvalue weighted by molar-refractivity contribution is -0.144. The van der Waals surface area contributed by atoms with Crippen molar-refractivity contribution in [2.75, 3.05) is 20.2 Å². The Balaban J connectivity index is 1.49. The van der Waals surface area contributed by atoms with Gasteiger partial charge in [-0.15, -0.1) is 6.58 Å². The van der Waals surface area contributed by atoms with Crippen LogP contribution in [0.3, 0.4) is 0 Å². The molecule has 1 aliphatic heterocycles. The molecule has 0 spiro atoms. The molecule has 13 nitrogen and oxygen atoms in total. The Hall–Kier alpha value is -5.33. The van der Waals surface area contributed by atoms with Gasteiger partial charge in [-0.25, -0.2) is 29.8 Å². The molecule has 0 unspecified atom stereocenters. The minimum absolute atomic E-state index is 0.0346. The standard InChI is InChI=1S/C37H45N5O8/c1-8-24-19-37(24,33(44)45)39-32(43)30-17-26(21-41(30)35(47)42(20-22(2)3)40-34(46)50-36(4,5)6)49-31-18-28(23-12-10-9-11-13-23)38-29-16-25(48-7)14-15-27(29)31/h8-16,18,22,24,26,30H,1,17,19-21H2,2-7H3,(H,39,43)(H,40,46)(H,44,45)/t24-,26-,30+,37-/m1/s1. The molecule has 1 saturated heterocycles. The number of ether oxygens (including phenoxy) is 3. The average molecular weight is 688 g/mol. The molecular weight excluding hydrogens is 642 g/mol. The average Bonchev–Trinajstić information content (AvgIpc) is 3.62. The number of carboxylic acids is 1. The summed E-state index contributed by atoms with van der Waals surface area (Å²) in [5.41, 5.74) is 2.35. The van der Waals surface area contributed by atoms with Crippen molar-refractivity contribution in [3.05, 3.63) is 67.3 Å². The van der Waals surface area contributed by atoms with Crippen LogP contribution in [0.25, 0.3) is 22.2 Å². The molecule has 1 aliphatic carbocycles. The quantitative estimate of drug-likeness (QED) is 0.188. The number of hydrazine groups is 1. The zero-order valence-electron chi connectivity index (χ0n) is 29.3. The van der Waals surface area contributed by atoms with Crippen LogP contribution in [-0.2, 0) is 14.3 Å². The third-order valence-corrected chi connectivity index (χ3v) is 8.58. The normalized spacial score (nSPS) is 21.3. The number of carboxylic acid groups (broad SMARTS) is 1. The van der Waals surface area contributed by atoms with Crippen molar-refractivity contribution in [1.82, 2.24) is 25.6 Å². The summed E-state index contributed by atoms with van der Waals surface area (Å²) < 4.78 is 17.5. The monoisotopic (exact) mass is 687 g/mol. The Kier molecular flexibility index (Phi) is 10.3. The van der Waals surface area contributed by atoms with Gasteiger partial charge in [0.05, 0.1) is 24.9 Å². The summed E-state index contributed by atoms with van der Waals surface area (Å²) in [6.07, 6.45) is 0.217. The molecule has 4 amide bonds. The lowest BCUT2D eigenvalue weighted by atomic mass is 10.1. The van der Waals surface area contributed by atoms with Crippen molar-refractivity contribution in [3.8, 4) is 22.8 Å². The minimum atomic E-state index is -1.51. The molecule has 2 aromatic carbocycles. The summed E-state index contributed by atoms with van der Waals surface area (Å²) in [7, 11) is 1.57. The number of aliphatic carboxylic acids is 1. The van der Waals surface area contributed by atoms with Gasteiger partial charge < -0.3 is 29.5 Å². The number of methoxy groups -OCH3 is 1. The highest BCUT2D eigenvalue weighted by Crippen LogP contribution is 2.45. The van der Waals surface area contributed by atoms with Crippen LogP contribution in [0.2, 0.25) is 0 Å². The van der Waals surface area contributed by atoms with Gasteiger partial charge in [-0.1, -0.05) is 50.3 Å². The number of amides is 4. The Morgan fingerprint density at radius 1 is 1.14 bits per heavy atom. The van der Waals surface area contributed by atoms with Crippen LogP contribution in [0.4, 0.5) is 9.59 Å². The predicted octanol–water partition coefficient (Wildman–Crippen LogP) is 5.40. The summed E-state index contributed by atoms with van der Waals surface area (Å²) >= 11 is 0. The highest BCUT2D eigenvalue weighted by atomic mass is 16.6. The first kappa shape index (κ1) is 36.0. The van der Waals surface area contributed by atoms with E-state index in [0.29, 0.717) is 28.1 Å². The first-order valence-electron chi connectivity index (χ1n) is 16.6. The molecule has 1 saturated carbocycles. The molecule has 1 aromatic heterocycles. The van der Waals surface area contributed by atoms with Crippen molar-refractivity contribution in [2.24, 2.45) is 11.8 Å². The number of nitrogens with one attached hydrogen (secondary N) is 2. The van der Waals surface area contributed by atoms with E-state index >= 15 is 0 Å². The summed E-state index contributed by atoms with van der Waals surface area (Å²) in [4.78, 5) is 59.4. The van der Waals surface area contributed by atoms with Gasteiger partial charge in [-0.05, 0) is 45.2 Å². The Morgan fingerprint density at radius 3 is 2.46 bits per heavy atom. The lowest BCUT2D eigenvalue weighted by Gasteiger charge is -2.33. The van der Waals surface area contributed by atoms with Gasteiger partial charge in [0.15, 0.2) is 0 Å². The molecule has 3 aromatic rings. The SMILES string of the molecule is C=C[C@@H]1C[C@]1(NC(=O)[C@@H]1C[C@@H](Oc2cc(-c3ccccc3)nc3cc(OC)ccc23)CN1C(=O)N(CC(C)C)NC(=O)OC(C)(C)C)C(=O)O. The molecule has 3 N–H and O–H groups in total. The summed E-state index contributed by atoms with van der Waals surface area (Å²) in [6.45, 7) is 12.7. The van der Waals surface area contributed by atoms with Crippen molar-refractivity contribution in [3.63, 3.8) is 0 Å². The van der Waals surface area contributed by atoms with E-state index in [1.165, 1.54) is 11.0 Å². The van der Waals surface area contributed by atoms with E-state index < -0.39 is 53.2 Å². The molecule has 50 heavy (non-hydrogen) atoms. The van der Waals surface area contributed by atoms with E-state index in [1.54, 1.807) is 40.0 Å². The van der Waals surface area contributed by atoms with Crippen LogP contribution in [0.1, 0.15) is 47.5 Å². The minimum Gasteiger partial charge on any atom is -0.497 e. The number of hydrogen-bond donors (Lipinski definition) is 3. The van der Waals surface area contributed by atoms with Crippen molar-refractivity contribution in [2.45, 2.75) is 70.7 Å². The number of nitrogens with zero attached hydrogens (tertiary/aromatic N) is 3. The molecule has 0 radical (unpaired) electrons. The second-order valence-corrected chi connectivity index (χ2v) is 14.1. The van der Waals surface area contributed by atoms with E-state index in [2.05, 4.69) is 17.3 Å². The largest absolute Gasteiger partial charge is 0.497 e. The summed E-state index contributed by atoms with van der Waals surface area (Å²) in [5, 5.41) is 14.5. The van der Waals surface area contributed by atoms with Gasteiger partial charge >= 0.3 is 18.1 Å². The number of rotatable bonds is 10. The first-order chi connectivity index (χ1) is 23.6. The van der Waals surface area contributed by atoms with Gasteiger partial charge in [-0.3, -0.25) is 4.79 Å². The molecular formula is C37H45N5O8. The maximum absolute atomic E-state index is 14.2. The van der Waals surface area contributed by atoms with E-state index in [-0.39, 0.29) is 31.8 Å². The maximum atomic E-state index is 14.2. The molecule has 2 fully saturated rings. The topological polar surface area (TPSA) is 160 Å². The zero-order valence-corrected chi connectivity index (χ0v) is 29.3. The van der Waals surface area contributed by atoms with Crippen LogP contribution in [0.5, 0.6) is 11.5 Å². The Bertz CT molecular complexity index is 1770. The molecule has 2 aliphatic rings. The van der Waals surface area contributed by atoms with Crippen molar-refractivity contribution < 1.29 is 38.5 Å². The van der Waals surface area contributed by atoms with E-state index in [9.17, 15) is 24.3 Å². The van der Waals surface area contributed by atoms with Gasteiger partial charge in [-0.2, -0.15) is 0 Å². The number of urea groups is 1. The first-order valence-corrected chi connectivity index (χ1v) is 16.6. The Labute approximate surface area is 291 Å². The van der Waals surface area contributed by atoms with Gasteiger partial charge in [0.1, 0.15) is 34.8 Å². The van der Waals surface area contributed by atoms with E-state index in [0.717, 1.165) is 10.6 Å². The molecule has 4 atom stereocenters. The van der Waals surface area contributed by atoms with Crippen LogP contribution >= 0.6 is 0 Å². The number of carbonyl (C=O) groups is 4. The molecule has 2 heterocycles. The lowest BCUT2D eigenvalue weighted by Crippen LogP contribution is -2.58. The fourth-order valence-corrected chi connectivity index (χ4v) is 6.10. The number of fused-ring (bicyclic) bond motifs is 1. The van der Waals surface area contributed by atoms with Crippen molar-refractivity contribution >= 4 is 34.9 Å². The van der Waals surface area contributed by atoms with Gasteiger partial charge in [0.2, 0.25) is 5.91 Å². The van der Waals surface area contributed by atoms with E-state index in [1.807, 2.05) is 56.3 Å². The second-order valence-electron chi connectivity index (χ2n) is 14.1. The highest BCUT2D eigenvalue weighted by molar-refractivity contribution is 5.95. The van der Waals surface area contributed by atoms with Crippen LogP contribution in [0.15, 0.2) is 67.3 Å². The van der Waals surface area contributed by atoms with Crippen LogP contribution in [0, 0.1) is 11.8 Å². The van der Waals surface area contributed by atoms with E-state index in [4.69, 9.17) is 19.2 Å². The molecule has 0 bridgehead atoms. The number of carbonyl (C=O) groups excluding carboxylic acids is 3. The summed E-state index contributed by atoms with van der Waals surface area (Å²) in [6, 6.07) is 15.1. The predicted molar refractivity (Wildman–Crippen MR) is 186 cm³/mol. The number of hydrogen-bond acceptors (Lipinski definition) is 8. The van der Waals surface area contributed by atoms with Crippen molar-refractivity contribution in [1.29, 1.82) is 0 Å². The van der Waals surface area contributed by atoms with Crippen LogP contribution < -0.4 is 20.2 Å². The molecule has 13 heteroatoms. The third kappa shape index (κ3) is 7.93. The maximum Gasteiger partial charge on any atom is 0.426 e. The Morgan fingerprint density at radius 2 is 1.86 bits per heavy atom. The molecule has 5 rings (SSSR count). The fourth-order valence-electron chi connectivity index (χ4n) is 6.10. The number of benzene rings is 2. The third-order valence-electron chi connectivity index (χ3n) is 8.58. The van der Waals surface area contributed by atoms with Crippen LogP contribution in [-0.4, -0.2) is 87.5 Å².